The summed E-state index contributed by atoms with van der Waals surface area (Å²) in [5, 5.41) is 6.20. The average molecular weight is 344 g/mol. The predicted octanol–water partition coefficient (Wildman–Crippen LogP) is 3.25. The Bertz CT molecular complexity index is 744. The zero-order chi connectivity index (χ0) is 18.6. The Morgan fingerprint density at radius 3 is 2.60 bits per heavy atom. The van der Waals surface area contributed by atoms with Crippen molar-refractivity contribution in [2.75, 3.05) is 0 Å². The fourth-order valence-electron chi connectivity index (χ4n) is 2.56. The summed E-state index contributed by atoms with van der Waals surface area (Å²) in [6.07, 6.45) is 3.52. The lowest BCUT2D eigenvalue weighted by Gasteiger charge is -2.18. The van der Waals surface area contributed by atoms with Gasteiger partial charge in [-0.1, -0.05) is 5.57 Å². The van der Waals surface area contributed by atoms with Gasteiger partial charge in [0.1, 0.15) is 5.82 Å². The predicted molar refractivity (Wildman–Crippen MR) is 97.4 cm³/mol. The molecule has 0 spiro atoms. The summed E-state index contributed by atoms with van der Waals surface area (Å²) in [5.41, 5.74) is 2.88. The third-order valence-electron chi connectivity index (χ3n) is 4.28. The number of pyridine rings is 1. The molecule has 0 saturated heterocycles. The largest absolute Gasteiger partial charge is 0.365 e. The average Bonchev–Trinajstić information content (AvgIpc) is 3.28. The smallest absolute Gasteiger partial charge is 0.251 e. The molecule has 1 aliphatic rings. The summed E-state index contributed by atoms with van der Waals surface area (Å²) in [6.45, 7) is 11.6. The van der Waals surface area contributed by atoms with Crippen molar-refractivity contribution in [3.05, 3.63) is 52.4 Å². The third-order valence-corrected chi connectivity index (χ3v) is 4.28. The van der Waals surface area contributed by atoms with Gasteiger partial charge in [0.05, 0.1) is 0 Å². The van der Waals surface area contributed by atoms with Crippen molar-refractivity contribution in [1.82, 2.24) is 15.6 Å². The first-order valence-electron chi connectivity index (χ1n) is 8.28. The van der Waals surface area contributed by atoms with Crippen LogP contribution in [0.2, 0.25) is 0 Å². The molecular weight excluding hydrogens is 319 g/mol. The number of aliphatic imine (C=N–C) groups is 1. The van der Waals surface area contributed by atoms with Crippen LogP contribution in [0.3, 0.4) is 0 Å². The van der Waals surface area contributed by atoms with Crippen LogP contribution in [0.15, 0.2) is 45.9 Å². The maximum Gasteiger partial charge on any atom is 0.251 e. The molecule has 5 nitrogen and oxygen atoms in total. The highest BCUT2D eigenvalue weighted by Crippen LogP contribution is 2.36. The van der Waals surface area contributed by atoms with Crippen LogP contribution >= 0.6 is 0 Å². The van der Waals surface area contributed by atoms with Gasteiger partial charge in [-0.05, 0) is 65.0 Å². The highest BCUT2D eigenvalue weighted by Gasteiger charge is 2.38. The number of hydrogen-bond acceptors (Lipinski definition) is 4. The number of nitrogens with one attached hydrogen (secondary N) is 2. The van der Waals surface area contributed by atoms with Gasteiger partial charge in [-0.25, -0.2) is 9.98 Å². The number of allylic oxidation sites excluding steroid dienone is 1. The molecule has 1 aromatic heterocycles. The molecule has 1 aliphatic carbocycles. The van der Waals surface area contributed by atoms with Crippen molar-refractivity contribution < 1.29 is 9.18 Å². The zero-order valence-corrected chi connectivity index (χ0v) is 15.2. The lowest BCUT2D eigenvalue weighted by atomic mass is 10.0. The molecule has 1 fully saturated rings. The highest BCUT2D eigenvalue weighted by atomic mass is 19.1. The van der Waals surface area contributed by atoms with E-state index in [0.717, 1.165) is 24.0 Å². The van der Waals surface area contributed by atoms with Crippen LogP contribution in [0.1, 0.15) is 46.1 Å². The van der Waals surface area contributed by atoms with E-state index >= 15 is 0 Å². The fourth-order valence-corrected chi connectivity index (χ4v) is 2.56. The van der Waals surface area contributed by atoms with E-state index in [1.807, 2.05) is 20.8 Å². The van der Waals surface area contributed by atoms with Gasteiger partial charge in [-0.3, -0.25) is 4.79 Å². The summed E-state index contributed by atoms with van der Waals surface area (Å²) in [5.74, 6) is -0.162. The van der Waals surface area contributed by atoms with Crippen molar-refractivity contribution in [2.45, 2.75) is 52.6 Å². The number of halogens is 1. The Balaban J connectivity index is 2.17. The van der Waals surface area contributed by atoms with E-state index in [1.54, 1.807) is 6.07 Å². The van der Waals surface area contributed by atoms with Crippen LogP contribution in [-0.2, 0) is 11.3 Å². The number of nitrogens with zero attached hydrogens (tertiary/aromatic N) is 2. The van der Waals surface area contributed by atoms with Crippen LogP contribution in [0.25, 0.3) is 0 Å². The topological polar surface area (TPSA) is 66.4 Å². The molecule has 0 radical (unpaired) electrons. The molecule has 2 N–H and O–H groups in total. The zero-order valence-electron chi connectivity index (χ0n) is 15.2. The number of carbonyl (C=O) groups is 1. The van der Waals surface area contributed by atoms with Gasteiger partial charge in [-0.15, -0.1) is 0 Å². The number of aromatic nitrogens is 1. The van der Waals surface area contributed by atoms with Gasteiger partial charge in [-0.2, -0.15) is 4.39 Å². The molecule has 0 aliphatic heterocycles. The first kappa shape index (κ1) is 18.8. The van der Waals surface area contributed by atoms with Gasteiger partial charge in [0, 0.05) is 29.4 Å². The van der Waals surface area contributed by atoms with Crippen molar-refractivity contribution in [1.29, 1.82) is 0 Å². The molecule has 1 saturated carbocycles. The number of rotatable bonds is 7. The fraction of sp³-hybridized carbons (Fsp3) is 0.421. The van der Waals surface area contributed by atoms with E-state index in [2.05, 4.69) is 34.3 Å². The first-order chi connectivity index (χ1) is 11.8. The summed E-state index contributed by atoms with van der Waals surface area (Å²) in [6, 6.07) is 2.97. The summed E-state index contributed by atoms with van der Waals surface area (Å²) < 4.78 is 13.2. The van der Waals surface area contributed by atoms with E-state index in [0.29, 0.717) is 17.0 Å². The molecule has 1 aromatic rings. The van der Waals surface area contributed by atoms with Crippen LogP contribution in [0.4, 0.5) is 4.39 Å². The summed E-state index contributed by atoms with van der Waals surface area (Å²) in [4.78, 5) is 20.3. The second kappa shape index (κ2) is 7.59. The second-order valence-corrected chi connectivity index (χ2v) is 6.86. The number of amides is 1. The van der Waals surface area contributed by atoms with E-state index in [1.165, 1.54) is 12.3 Å². The highest BCUT2D eigenvalue weighted by molar-refractivity contribution is 5.98. The molecule has 0 bridgehead atoms. The molecule has 1 amide bonds. The van der Waals surface area contributed by atoms with Crippen molar-refractivity contribution >= 4 is 12.6 Å². The van der Waals surface area contributed by atoms with E-state index in [4.69, 9.17) is 0 Å². The van der Waals surface area contributed by atoms with Gasteiger partial charge in [0.25, 0.3) is 5.91 Å². The maximum atomic E-state index is 13.2. The molecule has 0 atom stereocenters. The molecule has 2 rings (SSSR count). The van der Waals surface area contributed by atoms with Crippen LogP contribution in [0, 0.1) is 5.95 Å². The van der Waals surface area contributed by atoms with Gasteiger partial charge in [0.2, 0.25) is 5.95 Å². The Kier molecular flexibility index (Phi) is 5.72. The molecule has 6 heteroatoms. The lowest BCUT2D eigenvalue weighted by Crippen LogP contribution is -2.30. The van der Waals surface area contributed by atoms with Crippen LogP contribution < -0.4 is 10.6 Å². The first-order valence-corrected chi connectivity index (χ1v) is 8.28. The third kappa shape index (κ3) is 4.98. The number of carbonyl (C=O) groups excluding carboxylic acids is 1. The molecule has 25 heavy (non-hydrogen) atoms. The Morgan fingerprint density at radius 1 is 1.40 bits per heavy atom. The van der Waals surface area contributed by atoms with E-state index in [-0.39, 0.29) is 18.0 Å². The standard InChI is InChI=1S/C19H25FN4O/c1-12(2)16(13(3)17(21-5)24-19(4)7-8-19)18(25)23-11-14-6-9-22-15(20)10-14/h6,9-10,24H,5,7-8,11H2,1-4H3,(H,23,25)/b17-13-. The van der Waals surface area contributed by atoms with Crippen molar-refractivity contribution in [2.24, 2.45) is 4.99 Å². The van der Waals surface area contributed by atoms with Crippen molar-refractivity contribution in [3.8, 4) is 0 Å². The minimum Gasteiger partial charge on any atom is -0.365 e. The minimum atomic E-state index is -0.565. The Hall–Kier alpha value is -2.50. The molecule has 134 valence electrons. The SMILES string of the molecule is C=N/C(NC1(C)CC1)=C(\C)C(C(=O)NCc1ccnc(F)c1)=C(C)C. The van der Waals surface area contributed by atoms with Crippen LogP contribution in [-0.4, -0.2) is 23.1 Å². The van der Waals surface area contributed by atoms with Crippen molar-refractivity contribution in [3.63, 3.8) is 0 Å². The quantitative estimate of drug-likeness (QED) is 0.345. The monoisotopic (exact) mass is 344 g/mol. The summed E-state index contributed by atoms with van der Waals surface area (Å²) >= 11 is 0. The Morgan fingerprint density at radius 2 is 2.08 bits per heavy atom. The number of hydrogen-bond donors (Lipinski definition) is 2. The van der Waals surface area contributed by atoms with Gasteiger partial charge >= 0.3 is 0 Å². The summed E-state index contributed by atoms with van der Waals surface area (Å²) in [7, 11) is 0. The van der Waals surface area contributed by atoms with Gasteiger partial charge < -0.3 is 10.6 Å². The molecule has 0 unspecified atom stereocenters. The minimum absolute atomic E-state index is 0.0373. The molecule has 1 heterocycles. The maximum absolute atomic E-state index is 13.2. The second-order valence-electron chi connectivity index (χ2n) is 6.86. The van der Waals surface area contributed by atoms with E-state index in [9.17, 15) is 9.18 Å². The van der Waals surface area contributed by atoms with E-state index < -0.39 is 5.95 Å². The molecular formula is C19H25FN4O. The van der Waals surface area contributed by atoms with Gasteiger partial charge in [0.15, 0.2) is 0 Å². The molecule has 0 aromatic carbocycles. The van der Waals surface area contributed by atoms with Crippen LogP contribution in [0.5, 0.6) is 0 Å². The lowest BCUT2D eigenvalue weighted by molar-refractivity contribution is -0.117. The normalized spacial score (nSPS) is 15.7. The Labute approximate surface area is 148 Å².